The lowest BCUT2D eigenvalue weighted by molar-refractivity contribution is -0.422. The van der Waals surface area contributed by atoms with Gasteiger partial charge in [-0.2, -0.15) is 0 Å². The Hall–Kier alpha value is -1.36. The quantitative estimate of drug-likeness (QED) is 0.626. The van der Waals surface area contributed by atoms with Gasteiger partial charge in [-0.1, -0.05) is 6.07 Å². The largest absolute Gasteiger partial charge is 0.490 e. The summed E-state index contributed by atoms with van der Waals surface area (Å²) < 4.78 is 6.34. The van der Waals surface area contributed by atoms with Crippen molar-refractivity contribution >= 4 is 22.0 Å². The first-order valence-electron chi connectivity index (χ1n) is 5.19. The average molecular weight is 300 g/mol. The van der Waals surface area contributed by atoms with Gasteiger partial charge in [-0.15, -0.1) is 0 Å². The molecule has 0 aliphatic rings. The van der Waals surface area contributed by atoms with Crippen LogP contribution in [0.3, 0.4) is 0 Å². The number of ether oxygens (including phenoxy) is 1. The van der Waals surface area contributed by atoms with Crippen LogP contribution in [0.15, 0.2) is 28.4 Å². The zero-order valence-corrected chi connectivity index (χ0v) is 11.5. The summed E-state index contributed by atoms with van der Waals surface area (Å²) in [5, 5.41) is 10.5. The molecule has 0 aromatic heterocycles. The zero-order valence-electron chi connectivity index (χ0n) is 9.94. The van der Waals surface area contributed by atoms with Crippen LogP contribution < -0.4 is 4.74 Å². The summed E-state index contributed by atoms with van der Waals surface area (Å²) in [5.74, 6) is 0.732. The Balaban J connectivity index is 2.97. The van der Waals surface area contributed by atoms with Crippen molar-refractivity contribution in [3.8, 4) is 5.75 Å². The Morgan fingerprint density at radius 3 is 2.65 bits per heavy atom. The lowest BCUT2D eigenvalue weighted by Crippen LogP contribution is -2.05. The molecule has 0 saturated carbocycles. The summed E-state index contributed by atoms with van der Waals surface area (Å²) in [6.07, 6.45) is 1.61. The van der Waals surface area contributed by atoms with Crippen LogP contribution in [-0.4, -0.2) is 11.0 Å². The molecule has 0 radical (unpaired) electrons. The smallest absolute Gasteiger partial charge is 0.243 e. The van der Waals surface area contributed by atoms with E-state index in [2.05, 4.69) is 15.9 Å². The maximum atomic E-state index is 10.5. The molecule has 1 rings (SSSR count). The van der Waals surface area contributed by atoms with Gasteiger partial charge in [0.25, 0.3) is 0 Å². The number of hydrogen-bond donors (Lipinski definition) is 0. The van der Waals surface area contributed by atoms with Crippen molar-refractivity contribution in [3.63, 3.8) is 0 Å². The van der Waals surface area contributed by atoms with Crippen LogP contribution >= 0.6 is 15.9 Å². The topological polar surface area (TPSA) is 52.4 Å². The van der Waals surface area contributed by atoms with E-state index in [1.165, 1.54) is 13.0 Å². The lowest BCUT2D eigenvalue weighted by atomic mass is 10.2. The van der Waals surface area contributed by atoms with Gasteiger partial charge in [0.1, 0.15) is 5.75 Å². The SMILES string of the molecule is CC(=Cc1ccc(OC(C)C)c(Br)c1)[N+](=O)[O-]. The highest BCUT2D eigenvalue weighted by Gasteiger charge is 2.06. The molecule has 1 aromatic carbocycles. The van der Waals surface area contributed by atoms with Crippen LogP contribution in [-0.2, 0) is 0 Å². The lowest BCUT2D eigenvalue weighted by Gasteiger charge is -2.11. The highest BCUT2D eigenvalue weighted by molar-refractivity contribution is 9.10. The maximum Gasteiger partial charge on any atom is 0.243 e. The molecule has 0 N–H and O–H groups in total. The van der Waals surface area contributed by atoms with E-state index < -0.39 is 4.92 Å². The van der Waals surface area contributed by atoms with Gasteiger partial charge in [0.2, 0.25) is 5.70 Å². The molecule has 0 spiro atoms. The van der Waals surface area contributed by atoms with Gasteiger partial charge in [0.05, 0.1) is 15.5 Å². The summed E-state index contributed by atoms with van der Waals surface area (Å²) in [6.45, 7) is 5.35. The molecule has 17 heavy (non-hydrogen) atoms. The molecule has 0 fully saturated rings. The van der Waals surface area contributed by atoms with Crippen LogP contribution in [0, 0.1) is 10.1 Å². The molecule has 5 heteroatoms. The van der Waals surface area contributed by atoms with Gasteiger partial charge in [-0.3, -0.25) is 10.1 Å². The number of benzene rings is 1. The molecular weight excluding hydrogens is 286 g/mol. The normalized spacial score (nSPS) is 11.7. The van der Waals surface area contributed by atoms with Crippen molar-refractivity contribution in [1.29, 1.82) is 0 Å². The van der Waals surface area contributed by atoms with E-state index in [0.717, 1.165) is 15.8 Å². The highest BCUT2D eigenvalue weighted by atomic mass is 79.9. The number of nitro groups is 1. The second-order valence-corrected chi connectivity index (χ2v) is 4.75. The minimum atomic E-state index is -0.410. The molecule has 0 saturated heterocycles. The van der Waals surface area contributed by atoms with Gasteiger partial charge < -0.3 is 4.74 Å². The fourth-order valence-electron chi connectivity index (χ4n) is 1.25. The van der Waals surface area contributed by atoms with Crippen molar-refractivity contribution in [2.45, 2.75) is 26.9 Å². The molecule has 0 aliphatic carbocycles. The number of hydrogen-bond acceptors (Lipinski definition) is 3. The van der Waals surface area contributed by atoms with E-state index >= 15 is 0 Å². The Kier molecular flexibility index (Phi) is 4.69. The molecule has 0 bridgehead atoms. The average Bonchev–Trinajstić information content (AvgIpc) is 2.21. The summed E-state index contributed by atoms with van der Waals surface area (Å²) >= 11 is 3.38. The third kappa shape index (κ3) is 4.19. The molecule has 0 aliphatic heterocycles. The minimum absolute atomic E-state index is 0.0909. The van der Waals surface area contributed by atoms with Crippen LogP contribution in [0.5, 0.6) is 5.75 Å². The van der Waals surface area contributed by atoms with Gasteiger partial charge in [0.15, 0.2) is 0 Å². The summed E-state index contributed by atoms with van der Waals surface area (Å²) in [7, 11) is 0. The second kappa shape index (κ2) is 5.82. The molecular formula is C12H14BrNO3. The van der Waals surface area contributed by atoms with Gasteiger partial charge in [-0.25, -0.2) is 0 Å². The van der Waals surface area contributed by atoms with E-state index in [4.69, 9.17) is 4.74 Å². The van der Waals surface area contributed by atoms with E-state index in [1.807, 2.05) is 13.8 Å². The van der Waals surface area contributed by atoms with Crippen LogP contribution in [0.1, 0.15) is 26.3 Å². The first-order chi connectivity index (χ1) is 7.90. The first kappa shape index (κ1) is 13.7. The standard InChI is InChI=1S/C12H14BrNO3/c1-8(2)17-12-5-4-10(7-11(12)13)6-9(3)14(15)16/h4-8H,1-3H3. The van der Waals surface area contributed by atoms with Crippen molar-refractivity contribution in [3.05, 3.63) is 44.0 Å². The van der Waals surface area contributed by atoms with E-state index in [9.17, 15) is 10.1 Å². The summed E-state index contributed by atoms with van der Waals surface area (Å²) in [4.78, 5) is 10.1. The molecule has 0 unspecified atom stereocenters. The van der Waals surface area contributed by atoms with Crippen molar-refractivity contribution in [1.82, 2.24) is 0 Å². The number of nitrogens with zero attached hydrogens (tertiary/aromatic N) is 1. The van der Waals surface area contributed by atoms with E-state index in [-0.39, 0.29) is 11.8 Å². The number of rotatable bonds is 4. The summed E-state index contributed by atoms with van der Waals surface area (Å²) in [6, 6.07) is 5.38. The van der Waals surface area contributed by atoms with Gasteiger partial charge in [0, 0.05) is 13.0 Å². The van der Waals surface area contributed by atoms with Crippen LogP contribution in [0.4, 0.5) is 0 Å². The molecule has 0 amide bonds. The zero-order chi connectivity index (χ0) is 13.0. The van der Waals surface area contributed by atoms with E-state index in [0.29, 0.717) is 0 Å². The molecule has 4 nitrogen and oxygen atoms in total. The monoisotopic (exact) mass is 299 g/mol. The Morgan fingerprint density at radius 2 is 2.18 bits per heavy atom. The Labute approximate surface area is 109 Å². The van der Waals surface area contributed by atoms with E-state index in [1.54, 1.807) is 18.2 Å². The summed E-state index contributed by atoms with van der Waals surface area (Å²) in [5.41, 5.74) is 0.872. The predicted molar refractivity (Wildman–Crippen MR) is 70.6 cm³/mol. The first-order valence-corrected chi connectivity index (χ1v) is 5.98. The van der Waals surface area contributed by atoms with Crippen molar-refractivity contribution < 1.29 is 9.66 Å². The van der Waals surface area contributed by atoms with Gasteiger partial charge >= 0.3 is 0 Å². The Bertz CT molecular complexity index is 455. The fraction of sp³-hybridized carbons (Fsp3) is 0.333. The van der Waals surface area contributed by atoms with Crippen LogP contribution in [0.25, 0.3) is 6.08 Å². The highest BCUT2D eigenvalue weighted by Crippen LogP contribution is 2.27. The van der Waals surface area contributed by atoms with Gasteiger partial charge in [-0.05, 0) is 47.5 Å². The number of halogens is 1. The number of allylic oxidation sites excluding steroid dienone is 1. The minimum Gasteiger partial charge on any atom is -0.490 e. The predicted octanol–water partition coefficient (Wildman–Crippen LogP) is 3.87. The Morgan fingerprint density at radius 1 is 1.53 bits per heavy atom. The van der Waals surface area contributed by atoms with Crippen LogP contribution in [0.2, 0.25) is 0 Å². The third-order valence-corrected chi connectivity index (χ3v) is 2.60. The fourth-order valence-corrected chi connectivity index (χ4v) is 1.74. The second-order valence-electron chi connectivity index (χ2n) is 3.90. The molecule has 92 valence electrons. The molecule has 0 heterocycles. The van der Waals surface area contributed by atoms with Crippen molar-refractivity contribution in [2.75, 3.05) is 0 Å². The molecule has 0 atom stereocenters. The van der Waals surface area contributed by atoms with Crippen molar-refractivity contribution in [2.24, 2.45) is 0 Å². The maximum absolute atomic E-state index is 10.5. The third-order valence-electron chi connectivity index (χ3n) is 1.98. The molecule has 1 aromatic rings.